The lowest BCUT2D eigenvalue weighted by Gasteiger charge is -2.40. The zero-order valence-electron chi connectivity index (χ0n) is 14.8. The Morgan fingerprint density at radius 2 is 1.80 bits per heavy atom. The summed E-state index contributed by atoms with van der Waals surface area (Å²) in [4.78, 5) is 14.7. The summed E-state index contributed by atoms with van der Waals surface area (Å²) in [7, 11) is 2.00. The van der Waals surface area contributed by atoms with Crippen molar-refractivity contribution in [2.45, 2.75) is 38.0 Å². The van der Waals surface area contributed by atoms with Crippen LogP contribution in [0, 0.1) is 6.92 Å². The van der Waals surface area contributed by atoms with E-state index in [0.29, 0.717) is 11.1 Å². The van der Waals surface area contributed by atoms with E-state index >= 15 is 0 Å². The molecule has 3 rings (SSSR count). The fourth-order valence-electron chi connectivity index (χ4n) is 3.61. The van der Waals surface area contributed by atoms with Gasteiger partial charge in [0, 0.05) is 12.1 Å². The summed E-state index contributed by atoms with van der Waals surface area (Å²) < 4.78 is 6.43. The lowest BCUT2D eigenvalue weighted by atomic mass is 9.83. The molecule has 2 atom stereocenters. The highest BCUT2D eigenvalue weighted by molar-refractivity contribution is 5.84. The van der Waals surface area contributed by atoms with Crippen molar-refractivity contribution in [1.29, 1.82) is 0 Å². The van der Waals surface area contributed by atoms with Crippen LogP contribution in [0.5, 0.6) is 0 Å². The maximum absolute atomic E-state index is 12.6. The Hall–Kier alpha value is -2.17. The first-order valence-electron chi connectivity index (χ1n) is 8.79. The lowest BCUT2D eigenvalue weighted by Crippen LogP contribution is -2.49. The Morgan fingerprint density at radius 3 is 2.44 bits per heavy atom. The second kappa shape index (κ2) is 7.38. The van der Waals surface area contributed by atoms with E-state index in [4.69, 9.17) is 4.74 Å². The smallest absolute Gasteiger partial charge is 0.345 e. The standard InChI is InChI=1S/C21H25NO3/c1-16-10-6-7-13-18(16)21(20(23)24,17-11-4-3-5-12-17)25-19-14-8-9-15-22(19)2/h3-7,10-13,19H,8-9,14-15H2,1-2H3,(H,23,24). The minimum absolute atomic E-state index is 0.218. The van der Waals surface area contributed by atoms with Crippen molar-refractivity contribution in [2.75, 3.05) is 13.6 Å². The van der Waals surface area contributed by atoms with Crippen LogP contribution in [0.1, 0.15) is 36.0 Å². The first-order valence-corrected chi connectivity index (χ1v) is 8.79. The SMILES string of the molecule is Cc1ccccc1C(OC1CCCCN1C)(C(=O)O)c1ccccc1. The van der Waals surface area contributed by atoms with E-state index in [0.717, 1.165) is 31.4 Å². The molecule has 0 amide bonds. The van der Waals surface area contributed by atoms with E-state index < -0.39 is 11.6 Å². The van der Waals surface area contributed by atoms with E-state index in [2.05, 4.69) is 4.90 Å². The molecule has 1 heterocycles. The molecule has 0 spiro atoms. The molecule has 2 aromatic carbocycles. The molecular formula is C21H25NO3. The van der Waals surface area contributed by atoms with E-state index in [-0.39, 0.29) is 6.23 Å². The second-order valence-corrected chi connectivity index (χ2v) is 6.72. The zero-order valence-corrected chi connectivity index (χ0v) is 14.8. The van der Waals surface area contributed by atoms with Crippen LogP contribution >= 0.6 is 0 Å². The Labute approximate surface area is 149 Å². The van der Waals surface area contributed by atoms with Gasteiger partial charge in [0.1, 0.15) is 6.23 Å². The van der Waals surface area contributed by atoms with Gasteiger partial charge in [0.05, 0.1) is 0 Å². The number of aryl methyl sites for hydroxylation is 1. The van der Waals surface area contributed by atoms with Crippen LogP contribution in [-0.2, 0) is 15.1 Å². The maximum Gasteiger partial charge on any atom is 0.345 e. The summed E-state index contributed by atoms with van der Waals surface area (Å²) in [5.41, 5.74) is 0.735. The number of hydrogen-bond acceptors (Lipinski definition) is 3. The molecule has 25 heavy (non-hydrogen) atoms. The molecule has 132 valence electrons. The van der Waals surface area contributed by atoms with E-state index in [1.54, 1.807) is 0 Å². The minimum atomic E-state index is -1.51. The van der Waals surface area contributed by atoms with Gasteiger partial charge in [-0.3, -0.25) is 4.90 Å². The van der Waals surface area contributed by atoms with Gasteiger partial charge < -0.3 is 9.84 Å². The van der Waals surface area contributed by atoms with Crippen LogP contribution in [0.3, 0.4) is 0 Å². The van der Waals surface area contributed by atoms with E-state index in [9.17, 15) is 9.90 Å². The maximum atomic E-state index is 12.6. The quantitative estimate of drug-likeness (QED) is 0.901. The Balaban J connectivity index is 2.16. The normalized spacial score (nSPS) is 20.8. The fourth-order valence-corrected chi connectivity index (χ4v) is 3.61. The van der Waals surface area contributed by atoms with Crippen LogP contribution in [0.4, 0.5) is 0 Å². The lowest BCUT2D eigenvalue weighted by molar-refractivity contribution is -0.186. The summed E-state index contributed by atoms with van der Waals surface area (Å²) in [6.07, 6.45) is 2.79. The Bertz CT molecular complexity index is 731. The molecule has 0 aliphatic carbocycles. The van der Waals surface area contributed by atoms with E-state index in [1.807, 2.05) is 68.6 Å². The van der Waals surface area contributed by atoms with Crippen molar-refractivity contribution in [3.8, 4) is 0 Å². The molecule has 4 nitrogen and oxygen atoms in total. The number of carboxylic acid groups (broad SMARTS) is 1. The van der Waals surface area contributed by atoms with Crippen LogP contribution in [0.2, 0.25) is 0 Å². The molecule has 0 bridgehead atoms. The highest BCUT2D eigenvalue weighted by Crippen LogP contribution is 2.38. The second-order valence-electron chi connectivity index (χ2n) is 6.72. The van der Waals surface area contributed by atoms with Crippen molar-refractivity contribution < 1.29 is 14.6 Å². The summed E-state index contributed by atoms with van der Waals surface area (Å²) in [6.45, 7) is 2.85. The number of carboxylic acids is 1. The van der Waals surface area contributed by atoms with Gasteiger partial charge in [-0.25, -0.2) is 4.79 Å². The summed E-state index contributed by atoms with van der Waals surface area (Å²) in [5.74, 6) is -0.980. The number of piperidine rings is 1. The molecule has 1 saturated heterocycles. The number of ether oxygens (including phenoxy) is 1. The van der Waals surface area contributed by atoms with Crippen molar-refractivity contribution in [3.63, 3.8) is 0 Å². The fraction of sp³-hybridized carbons (Fsp3) is 0.381. The largest absolute Gasteiger partial charge is 0.479 e. The molecule has 1 N–H and O–H groups in total. The first kappa shape index (κ1) is 17.6. The van der Waals surface area contributed by atoms with Gasteiger partial charge in [-0.1, -0.05) is 54.6 Å². The third-order valence-electron chi connectivity index (χ3n) is 5.02. The van der Waals surface area contributed by atoms with Gasteiger partial charge in [-0.05, 0) is 44.4 Å². The van der Waals surface area contributed by atoms with Crippen LogP contribution in [0.25, 0.3) is 0 Å². The predicted molar refractivity (Wildman–Crippen MR) is 97.4 cm³/mol. The molecular weight excluding hydrogens is 314 g/mol. The van der Waals surface area contributed by atoms with Gasteiger partial charge in [-0.2, -0.15) is 0 Å². The molecule has 2 unspecified atom stereocenters. The van der Waals surface area contributed by atoms with E-state index in [1.165, 1.54) is 0 Å². The summed E-state index contributed by atoms with van der Waals surface area (Å²) in [6, 6.07) is 16.9. The predicted octanol–water partition coefficient (Wildman–Crippen LogP) is 3.78. The first-order chi connectivity index (χ1) is 12.1. The van der Waals surface area contributed by atoms with Gasteiger partial charge in [0.15, 0.2) is 0 Å². The topological polar surface area (TPSA) is 49.8 Å². The number of nitrogens with zero attached hydrogens (tertiary/aromatic N) is 1. The van der Waals surface area contributed by atoms with Crippen LogP contribution in [-0.4, -0.2) is 35.8 Å². The molecule has 0 saturated carbocycles. The third-order valence-corrected chi connectivity index (χ3v) is 5.02. The number of carbonyl (C=O) groups is 1. The van der Waals surface area contributed by atoms with Crippen LogP contribution in [0.15, 0.2) is 54.6 Å². The van der Waals surface area contributed by atoms with Crippen molar-refractivity contribution in [1.82, 2.24) is 4.90 Å². The molecule has 2 aromatic rings. The molecule has 1 fully saturated rings. The monoisotopic (exact) mass is 339 g/mol. The number of benzene rings is 2. The average molecular weight is 339 g/mol. The number of hydrogen-bond donors (Lipinski definition) is 1. The summed E-state index contributed by atoms with van der Waals surface area (Å²) in [5, 5.41) is 10.3. The minimum Gasteiger partial charge on any atom is -0.479 e. The Kier molecular flexibility index (Phi) is 5.21. The molecule has 1 aliphatic rings. The zero-order chi connectivity index (χ0) is 17.9. The Morgan fingerprint density at radius 1 is 1.12 bits per heavy atom. The average Bonchev–Trinajstić information content (AvgIpc) is 2.62. The molecule has 1 aliphatic heterocycles. The van der Waals surface area contributed by atoms with Gasteiger partial charge in [-0.15, -0.1) is 0 Å². The number of likely N-dealkylation sites (tertiary alicyclic amines) is 1. The van der Waals surface area contributed by atoms with Gasteiger partial charge in [0.2, 0.25) is 5.60 Å². The third kappa shape index (κ3) is 3.32. The van der Waals surface area contributed by atoms with Crippen molar-refractivity contribution in [2.24, 2.45) is 0 Å². The van der Waals surface area contributed by atoms with Crippen molar-refractivity contribution >= 4 is 5.97 Å². The number of aliphatic carboxylic acids is 1. The van der Waals surface area contributed by atoms with Gasteiger partial charge in [0.25, 0.3) is 0 Å². The molecule has 0 radical (unpaired) electrons. The van der Waals surface area contributed by atoms with Crippen LogP contribution < -0.4 is 0 Å². The van der Waals surface area contributed by atoms with Gasteiger partial charge >= 0.3 is 5.97 Å². The summed E-state index contributed by atoms with van der Waals surface area (Å²) >= 11 is 0. The highest BCUT2D eigenvalue weighted by atomic mass is 16.5. The van der Waals surface area contributed by atoms with Crippen molar-refractivity contribution in [3.05, 3.63) is 71.3 Å². The molecule has 4 heteroatoms. The molecule has 0 aromatic heterocycles. The number of rotatable bonds is 5. The highest BCUT2D eigenvalue weighted by Gasteiger charge is 2.47.